The lowest BCUT2D eigenvalue weighted by Gasteiger charge is -2.20. The summed E-state index contributed by atoms with van der Waals surface area (Å²) in [7, 11) is 0. The highest BCUT2D eigenvalue weighted by Crippen LogP contribution is 2.29. The fourth-order valence-electron chi connectivity index (χ4n) is 2.40. The van der Waals surface area contributed by atoms with Crippen molar-refractivity contribution >= 4 is 23.5 Å². The monoisotopic (exact) mass is 322 g/mol. The van der Waals surface area contributed by atoms with Crippen LogP contribution in [0.25, 0.3) is 11.4 Å². The summed E-state index contributed by atoms with van der Waals surface area (Å²) in [6, 6.07) is 7.00. The molecule has 1 aliphatic rings. The molecule has 3 rings (SSSR count). The second-order valence-electron chi connectivity index (χ2n) is 5.25. The minimum absolute atomic E-state index is 0.0416. The molecule has 3 N–H and O–H groups in total. The number of rotatable bonds is 4. The Morgan fingerprint density at radius 3 is 2.64 bits per heavy atom. The molecule has 1 aromatic heterocycles. The number of nitrogens with one attached hydrogen (secondary N) is 2. The van der Waals surface area contributed by atoms with E-state index in [1.807, 2.05) is 0 Å². The third-order valence-corrected chi connectivity index (χ3v) is 3.92. The van der Waals surface area contributed by atoms with Gasteiger partial charge in [0.25, 0.3) is 5.91 Å². The van der Waals surface area contributed by atoms with E-state index < -0.39 is 11.5 Å². The van der Waals surface area contributed by atoms with Crippen molar-refractivity contribution in [3.63, 3.8) is 0 Å². The van der Waals surface area contributed by atoms with Crippen molar-refractivity contribution in [3.8, 4) is 11.4 Å². The van der Waals surface area contributed by atoms with Crippen LogP contribution >= 0.6 is 11.6 Å². The normalized spacial score (nSPS) is 16.5. The molecule has 0 spiro atoms. The number of amides is 1. The van der Waals surface area contributed by atoms with Gasteiger partial charge < -0.3 is 9.63 Å². The minimum Gasteiger partial charge on any atom is -0.380 e. The lowest BCUT2D eigenvalue weighted by molar-refractivity contribution is -0.138. The van der Waals surface area contributed by atoms with Gasteiger partial charge in [0.05, 0.1) is 0 Å². The van der Waals surface area contributed by atoms with E-state index in [9.17, 15) is 9.90 Å². The zero-order chi connectivity index (χ0) is 15.6. The summed E-state index contributed by atoms with van der Waals surface area (Å²) in [4.78, 5) is 16.0. The summed E-state index contributed by atoms with van der Waals surface area (Å²) in [5.74, 6) is -0.121. The van der Waals surface area contributed by atoms with Crippen molar-refractivity contribution in [2.45, 2.75) is 31.3 Å². The minimum atomic E-state index is -1.31. The summed E-state index contributed by atoms with van der Waals surface area (Å²) in [6.07, 6.45) is 2.59. The van der Waals surface area contributed by atoms with Crippen molar-refractivity contribution < 1.29 is 14.4 Å². The summed E-state index contributed by atoms with van der Waals surface area (Å²) in [5.41, 5.74) is 4.35. The van der Waals surface area contributed by atoms with Crippen LogP contribution in [0.2, 0.25) is 5.02 Å². The molecule has 0 radical (unpaired) electrons. The molecule has 0 bridgehead atoms. The predicted molar refractivity (Wildman–Crippen MR) is 79.9 cm³/mol. The van der Waals surface area contributed by atoms with Crippen LogP contribution in [0.3, 0.4) is 0 Å². The van der Waals surface area contributed by atoms with Crippen molar-refractivity contribution in [3.05, 3.63) is 29.3 Å². The molecule has 1 aliphatic carbocycles. The number of nitrogens with zero attached hydrogens (tertiary/aromatic N) is 2. The van der Waals surface area contributed by atoms with Crippen LogP contribution in [-0.2, 0) is 4.79 Å². The van der Waals surface area contributed by atoms with Crippen LogP contribution in [0.4, 0.5) is 6.01 Å². The van der Waals surface area contributed by atoms with Crippen molar-refractivity contribution in [1.82, 2.24) is 15.6 Å². The molecule has 8 heteroatoms. The fourth-order valence-corrected chi connectivity index (χ4v) is 2.53. The van der Waals surface area contributed by atoms with E-state index in [1.54, 1.807) is 24.3 Å². The highest BCUT2D eigenvalue weighted by Gasteiger charge is 2.38. The zero-order valence-corrected chi connectivity index (χ0v) is 12.4. The van der Waals surface area contributed by atoms with Crippen LogP contribution in [0.5, 0.6) is 0 Å². The second-order valence-corrected chi connectivity index (χ2v) is 5.68. The molecule has 2 aromatic rings. The first kappa shape index (κ1) is 14.8. The molecule has 1 heterocycles. The van der Waals surface area contributed by atoms with Crippen LogP contribution < -0.4 is 10.9 Å². The molecule has 116 valence electrons. The van der Waals surface area contributed by atoms with E-state index in [0.29, 0.717) is 23.7 Å². The number of carbonyl (C=O) groups is 1. The summed E-state index contributed by atoms with van der Waals surface area (Å²) in [6.45, 7) is 0. The Kier molecular flexibility index (Phi) is 4.00. The van der Waals surface area contributed by atoms with Gasteiger partial charge in [0.15, 0.2) is 0 Å². The van der Waals surface area contributed by atoms with Gasteiger partial charge in [0.2, 0.25) is 5.82 Å². The van der Waals surface area contributed by atoms with E-state index in [-0.39, 0.29) is 6.01 Å². The summed E-state index contributed by atoms with van der Waals surface area (Å²) in [5, 5.41) is 14.5. The van der Waals surface area contributed by atoms with Gasteiger partial charge in [0, 0.05) is 10.6 Å². The van der Waals surface area contributed by atoms with Gasteiger partial charge in [0.1, 0.15) is 5.60 Å². The number of hydrogen-bond acceptors (Lipinski definition) is 6. The summed E-state index contributed by atoms with van der Waals surface area (Å²) >= 11 is 5.82. The Morgan fingerprint density at radius 1 is 1.27 bits per heavy atom. The largest absolute Gasteiger partial charge is 0.380 e. The second kappa shape index (κ2) is 5.94. The molecule has 0 saturated heterocycles. The van der Waals surface area contributed by atoms with Crippen LogP contribution in [0.1, 0.15) is 25.7 Å². The van der Waals surface area contributed by atoms with Crippen molar-refractivity contribution in [1.29, 1.82) is 0 Å². The lowest BCUT2D eigenvalue weighted by atomic mass is 10.0. The molecule has 1 saturated carbocycles. The average Bonchev–Trinajstić information content (AvgIpc) is 3.15. The Hall–Kier alpha value is -2.12. The number of anilines is 1. The molecule has 0 atom stereocenters. The number of carbonyl (C=O) groups excluding carboxylic acids is 1. The Morgan fingerprint density at radius 2 is 1.95 bits per heavy atom. The Bertz CT molecular complexity index is 665. The molecule has 1 amide bonds. The quantitative estimate of drug-likeness (QED) is 0.746. The maximum Gasteiger partial charge on any atom is 0.340 e. The van der Waals surface area contributed by atoms with E-state index in [2.05, 4.69) is 21.0 Å². The molecular formula is C14H15ClN4O3. The maximum atomic E-state index is 11.9. The SMILES string of the molecule is O=C(NNc1nc(-c2ccc(Cl)cc2)no1)C1(O)CCCC1. The average molecular weight is 323 g/mol. The van der Waals surface area contributed by atoms with Gasteiger partial charge in [-0.05, 0) is 49.9 Å². The van der Waals surface area contributed by atoms with Gasteiger partial charge in [-0.1, -0.05) is 16.8 Å². The lowest BCUT2D eigenvalue weighted by Crippen LogP contribution is -2.46. The Labute approximate surface area is 131 Å². The van der Waals surface area contributed by atoms with Gasteiger partial charge in [-0.25, -0.2) is 5.43 Å². The molecule has 1 fully saturated rings. The smallest absolute Gasteiger partial charge is 0.340 e. The first-order valence-corrected chi connectivity index (χ1v) is 7.33. The van der Waals surface area contributed by atoms with Crippen LogP contribution in [-0.4, -0.2) is 26.8 Å². The fraction of sp³-hybridized carbons (Fsp3) is 0.357. The van der Waals surface area contributed by atoms with Crippen molar-refractivity contribution in [2.75, 3.05) is 5.43 Å². The number of benzene rings is 1. The van der Waals surface area contributed by atoms with E-state index in [0.717, 1.165) is 18.4 Å². The first-order valence-electron chi connectivity index (χ1n) is 6.95. The highest BCUT2D eigenvalue weighted by molar-refractivity contribution is 6.30. The van der Waals surface area contributed by atoms with E-state index in [1.165, 1.54) is 0 Å². The Balaban J connectivity index is 1.62. The van der Waals surface area contributed by atoms with E-state index in [4.69, 9.17) is 16.1 Å². The molecule has 1 aromatic carbocycles. The van der Waals surface area contributed by atoms with Gasteiger partial charge in [-0.15, -0.1) is 0 Å². The molecule has 22 heavy (non-hydrogen) atoms. The molecule has 0 unspecified atom stereocenters. The zero-order valence-electron chi connectivity index (χ0n) is 11.7. The predicted octanol–water partition coefficient (Wildman–Crippen LogP) is 2.14. The number of halogens is 1. The number of aromatic nitrogens is 2. The highest BCUT2D eigenvalue weighted by atomic mass is 35.5. The van der Waals surface area contributed by atoms with Crippen molar-refractivity contribution in [2.24, 2.45) is 0 Å². The first-order chi connectivity index (χ1) is 10.6. The van der Waals surface area contributed by atoms with E-state index >= 15 is 0 Å². The molecule has 7 nitrogen and oxygen atoms in total. The standard InChI is InChI=1S/C14H15ClN4O3/c15-10-5-3-9(4-6-10)11-16-13(22-19-11)18-17-12(20)14(21)7-1-2-8-14/h3-6,21H,1-2,7-8H2,(H,17,20)(H,16,18,19). The third-order valence-electron chi connectivity index (χ3n) is 3.66. The number of aliphatic hydroxyl groups is 1. The van der Waals surface area contributed by atoms with Gasteiger partial charge in [-0.3, -0.25) is 10.2 Å². The number of hydrazine groups is 1. The molecule has 0 aliphatic heterocycles. The van der Waals surface area contributed by atoms with Crippen LogP contribution in [0.15, 0.2) is 28.8 Å². The summed E-state index contributed by atoms with van der Waals surface area (Å²) < 4.78 is 4.99. The third kappa shape index (κ3) is 3.05. The molecular weight excluding hydrogens is 308 g/mol. The maximum absolute atomic E-state index is 11.9. The van der Waals surface area contributed by atoms with Gasteiger partial charge in [-0.2, -0.15) is 4.98 Å². The van der Waals surface area contributed by atoms with Crippen LogP contribution in [0, 0.1) is 0 Å². The topological polar surface area (TPSA) is 100 Å². The number of hydrogen-bond donors (Lipinski definition) is 3. The van der Waals surface area contributed by atoms with Gasteiger partial charge >= 0.3 is 6.01 Å².